The lowest BCUT2D eigenvalue weighted by Crippen LogP contribution is -2.24. The number of carbonyl (C=O) groups excluding carboxylic acids is 1. The lowest BCUT2D eigenvalue weighted by atomic mass is 10.2. The van der Waals surface area contributed by atoms with Crippen molar-refractivity contribution in [3.8, 4) is 0 Å². The molecule has 0 bridgehead atoms. The molecule has 0 fully saturated rings. The van der Waals surface area contributed by atoms with Gasteiger partial charge in [-0.25, -0.2) is 0 Å². The van der Waals surface area contributed by atoms with E-state index in [0.717, 1.165) is 13.4 Å². The number of nitrogens with one attached hydrogen (secondary N) is 1. The Labute approximate surface area is 120 Å². The zero-order chi connectivity index (χ0) is 12.3. The Morgan fingerprint density at radius 3 is 2.31 bits per heavy atom. The molecule has 3 N–H and O–H groups in total. The number of benzene rings is 1. The van der Waals surface area contributed by atoms with E-state index in [1.54, 1.807) is 6.92 Å². The van der Waals surface area contributed by atoms with Gasteiger partial charge in [0, 0.05) is 25.9 Å². The molecule has 3 nitrogen and oxygen atoms in total. The molecular formula is C10H11Br3N2O. The zero-order valence-electron chi connectivity index (χ0n) is 8.56. The molecule has 1 amide bonds. The summed E-state index contributed by atoms with van der Waals surface area (Å²) >= 11 is 10.1. The Balaban J connectivity index is 2.85. The van der Waals surface area contributed by atoms with Crippen LogP contribution in [0.4, 0.5) is 5.69 Å². The molecular weight excluding hydrogens is 404 g/mol. The van der Waals surface area contributed by atoms with Crippen molar-refractivity contribution in [2.24, 2.45) is 5.73 Å². The Morgan fingerprint density at radius 1 is 1.38 bits per heavy atom. The molecule has 16 heavy (non-hydrogen) atoms. The van der Waals surface area contributed by atoms with Crippen LogP contribution in [0.1, 0.15) is 13.3 Å². The van der Waals surface area contributed by atoms with Gasteiger partial charge in [0.2, 0.25) is 5.91 Å². The molecule has 88 valence electrons. The van der Waals surface area contributed by atoms with Gasteiger partial charge >= 0.3 is 0 Å². The van der Waals surface area contributed by atoms with Gasteiger partial charge in [-0.15, -0.1) is 0 Å². The van der Waals surface area contributed by atoms with Crippen LogP contribution in [0.25, 0.3) is 0 Å². The summed E-state index contributed by atoms with van der Waals surface area (Å²) in [6, 6.07) is 3.59. The molecule has 0 saturated carbocycles. The summed E-state index contributed by atoms with van der Waals surface area (Å²) < 4.78 is 2.55. The van der Waals surface area contributed by atoms with Crippen LogP contribution in [0.2, 0.25) is 0 Å². The first-order valence-electron chi connectivity index (χ1n) is 4.60. The molecule has 0 aliphatic rings. The number of carbonyl (C=O) groups is 1. The van der Waals surface area contributed by atoms with Gasteiger partial charge < -0.3 is 11.1 Å². The van der Waals surface area contributed by atoms with Crippen LogP contribution >= 0.6 is 47.8 Å². The van der Waals surface area contributed by atoms with Crippen LogP contribution in [0.3, 0.4) is 0 Å². The third-order valence-electron chi connectivity index (χ3n) is 1.78. The van der Waals surface area contributed by atoms with Crippen LogP contribution in [0.5, 0.6) is 0 Å². The first-order chi connectivity index (χ1) is 7.40. The third kappa shape index (κ3) is 4.16. The third-order valence-corrected chi connectivity index (χ3v) is 3.49. The number of rotatable bonds is 3. The summed E-state index contributed by atoms with van der Waals surface area (Å²) in [7, 11) is 0. The van der Waals surface area contributed by atoms with Crippen LogP contribution < -0.4 is 11.1 Å². The average Bonchev–Trinajstić information content (AvgIpc) is 2.09. The number of halogens is 3. The molecule has 1 aromatic carbocycles. The first-order valence-corrected chi connectivity index (χ1v) is 6.98. The molecule has 0 aliphatic heterocycles. The molecule has 1 aromatic rings. The maximum Gasteiger partial charge on any atom is 0.225 e. The van der Waals surface area contributed by atoms with E-state index in [-0.39, 0.29) is 11.9 Å². The molecule has 1 rings (SSSR count). The predicted molar refractivity (Wildman–Crippen MR) is 76.4 cm³/mol. The standard InChI is InChI=1S/C10H11Br3N2O/c1-5(14)2-9(16)15-10-7(12)3-6(11)4-8(10)13/h3-5H,2,14H2,1H3,(H,15,16). The monoisotopic (exact) mass is 412 g/mol. The Kier molecular flexibility index (Phi) is 5.43. The zero-order valence-corrected chi connectivity index (χ0v) is 13.3. The quantitative estimate of drug-likeness (QED) is 0.793. The van der Waals surface area contributed by atoms with E-state index in [2.05, 4.69) is 53.1 Å². The normalized spacial score (nSPS) is 12.3. The maximum atomic E-state index is 11.6. The summed E-state index contributed by atoms with van der Waals surface area (Å²) in [5.41, 5.74) is 6.27. The Morgan fingerprint density at radius 2 is 1.88 bits per heavy atom. The van der Waals surface area contributed by atoms with Gasteiger partial charge in [0.15, 0.2) is 0 Å². The summed E-state index contributed by atoms with van der Waals surface area (Å²) in [4.78, 5) is 11.6. The second kappa shape index (κ2) is 6.14. The predicted octanol–water partition coefficient (Wildman–Crippen LogP) is 3.65. The van der Waals surface area contributed by atoms with Crippen molar-refractivity contribution >= 4 is 59.4 Å². The lowest BCUT2D eigenvalue weighted by Gasteiger charge is -2.11. The fourth-order valence-electron chi connectivity index (χ4n) is 1.14. The number of nitrogens with two attached hydrogens (primary N) is 1. The molecule has 0 aliphatic carbocycles. The van der Waals surface area contributed by atoms with E-state index in [9.17, 15) is 4.79 Å². The smallest absolute Gasteiger partial charge is 0.225 e. The SMILES string of the molecule is CC(N)CC(=O)Nc1c(Br)cc(Br)cc1Br. The number of amides is 1. The highest BCUT2D eigenvalue weighted by molar-refractivity contribution is 9.11. The number of anilines is 1. The summed E-state index contributed by atoms with van der Waals surface area (Å²) in [5.74, 6) is -0.0984. The van der Waals surface area contributed by atoms with Crippen molar-refractivity contribution in [1.82, 2.24) is 0 Å². The molecule has 0 spiro atoms. The molecule has 0 radical (unpaired) electrons. The lowest BCUT2D eigenvalue weighted by molar-refractivity contribution is -0.116. The van der Waals surface area contributed by atoms with E-state index in [1.165, 1.54) is 0 Å². The topological polar surface area (TPSA) is 55.1 Å². The van der Waals surface area contributed by atoms with E-state index >= 15 is 0 Å². The van der Waals surface area contributed by atoms with E-state index in [1.807, 2.05) is 12.1 Å². The molecule has 6 heteroatoms. The van der Waals surface area contributed by atoms with Crippen molar-refractivity contribution in [2.45, 2.75) is 19.4 Å². The van der Waals surface area contributed by atoms with Crippen LogP contribution in [-0.4, -0.2) is 11.9 Å². The van der Waals surface area contributed by atoms with Gasteiger partial charge in [0.05, 0.1) is 5.69 Å². The van der Waals surface area contributed by atoms with E-state index in [4.69, 9.17) is 5.73 Å². The van der Waals surface area contributed by atoms with Crippen molar-refractivity contribution in [3.05, 3.63) is 25.6 Å². The van der Waals surface area contributed by atoms with Crippen LogP contribution in [0.15, 0.2) is 25.6 Å². The second-order valence-corrected chi connectivity index (χ2v) is 6.10. The van der Waals surface area contributed by atoms with Crippen LogP contribution in [-0.2, 0) is 4.79 Å². The first kappa shape index (κ1) is 14.2. The molecule has 1 atom stereocenters. The Hall–Kier alpha value is 0.0900. The number of hydrogen-bond acceptors (Lipinski definition) is 2. The minimum atomic E-state index is -0.145. The summed E-state index contributed by atoms with van der Waals surface area (Å²) in [6.45, 7) is 1.80. The molecule has 0 heterocycles. The highest BCUT2D eigenvalue weighted by atomic mass is 79.9. The Bertz CT molecular complexity index is 384. The van der Waals surface area contributed by atoms with Crippen LogP contribution in [0, 0.1) is 0 Å². The number of hydrogen-bond donors (Lipinski definition) is 2. The minimum absolute atomic E-state index is 0.0984. The summed E-state index contributed by atoms with van der Waals surface area (Å²) in [5, 5.41) is 2.80. The maximum absolute atomic E-state index is 11.6. The van der Waals surface area contributed by atoms with Gasteiger partial charge in [-0.3, -0.25) is 4.79 Å². The van der Waals surface area contributed by atoms with Crippen molar-refractivity contribution in [2.75, 3.05) is 5.32 Å². The fourth-order valence-corrected chi connectivity index (χ4v) is 3.60. The van der Waals surface area contributed by atoms with Gasteiger partial charge in [0.1, 0.15) is 0 Å². The van der Waals surface area contributed by atoms with Crippen molar-refractivity contribution in [1.29, 1.82) is 0 Å². The van der Waals surface area contributed by atoms with Gasteiger partial charge in [0.25, 0.3) is 0 Å². The molecule has 0 saturated heterocycles. The molecule has 0 aromatic heterocycles. The van der Waals surface area contributed by atoms with Crippen molar-refractivity contribution in [3.63, 3.8) is 0 Å². The molecule has 1 unspecified atom stereocenters. The van der Waals surface area contributed by atoms with Crippen molar-refractivity contribution < 1.29 is 4.79 Å². The van der Waals surface area contributed by atoms with Gasteiger partial charge in [-0.05, 0) is 50.9 Å². The van der Waals surface area contributed by atoms with E-state index < -0.39 is 0 Å². The second-order valence-electron chi connectivity index (χ2n) is 3.47. The summed E-state index contributed by atoms with van der Waals surface area (Å²) in [6.07, 6.45) is 0.301. The fraction of sp³-hybridized carbons (Fsp3) is 0.300. The van der Waals surface area contributed by atoms with Gasteiger partial charge in [-0.1, -0.05) is 15.9 Å². The largest absolute Gasteiger partial charge is 0.327 e. The van der Waals surface area contributed by atoms with E-state index in [0.29, 0.717) is 12.1 Å². The highest BCUT2D eigenvalue weighted by Crippen LogP contribution is 2.34. The highest BCUT2D eigenvalue weighted by Gasteiger charge is 2.11. The minimum Gasteiger partial charge on any atom is -0.327 e. The van der Waals surface area contributed by atoms with Gasteiger partial charge in [-0.2, -0.15) is 0 Å². The average molecular weight is 415 g/mol.